The molecular weight excluding hydrogens is 447 g/mol. The maximum Gasteiger partial charge on any atom is 0.420 e. The largest absolute Gasteiger partial charge is 0.455 e. The highest BCUT2D eigenvalue weighted by molar-refractivity contribution is 5.96. The highest BCUT2D eigenvalue weighted by Crippen LogP contribution is 2.46. The lowest BCUT2D eigenvalue weighted by atomic mass is 9.93. The molecule has 5 rings (SSSR count). The van der Waals surface area contributed by atoms with Crippen LogP contribution < -0.4 is 5.32 Å². The zero-order chi connectivity index (χ0) is 23.0. The molecule has 1 amide bonds. The fourth-order valence-corrected chi connectivity index (χ4v) is 4.32. The van der Waals surface area contributed by atoms with Crippen LogP contribution in [0.3, 0.4) is 0 Å². The van der Waals surface area contributed by atoms with Gasteiger partial charge in [0.25, 0.3) is 5.91 Å². The molecule has 1 N–H and O–H groups in total. The Bertz CT molecular complexity index is 1010. The molecule has 33 heavy (non-hydrogen) atoms. The number of aryl methyl sites for hydroxylation is 2. The van der Waals surface area contributed by atoms with Gasteiger partial charge in [0.2, 0.25) is 5.76 Å². The number of aromatic nitrogens is 2. The van der Waals surface area contributed by atoms with E-state index in [9.17, 15) is 18.0 Å². The molecule has 2 saturated heterocycles. The van der Waals surface area contributed by atoms with Gasteiger partial charge in [0.15, 0.2) is 0 Å². The molecule has 180 valence electrons. The van der Waals surface area contributed by atoms with E-state index in [1.54, 1.807) is 10.9 Å². The number of hydrogen-bond donors (Lipinski definition) is 1. The first-order valence-electron chi connectivity index (χ1n) is 10.9. The average molecular weight is 471 g/mol. The maximum absolute atomic E-state index is 14.1. The van der Waals surface area contributed by atoms with Gasteiger partial charge < -0.3 is 28.7 Å². The molecule has 2 aliphatic heterocycles. The van der Waals surface area contributed by atoms with E-state index in [-0.39, 0.29) is 42.7 Å². The Morgan fingerprint density at radius 3 is 2.48 bits per heavy atom. The zero-order valence-corrected chi connectivity index (χ0v) is 17.8. The van der Waals surface area contributed by atoms with Crippen LogP contribution in [0.5, 0.6) is 0 Å². The molecule has 12 heteroatoms. The second-order valence-electron chi connectivity index (χ2n) is 8.17. The van der Waals surface area contributed by atoms with E-state index in [0.717, 1.165) is 0 Å². The maximum atomic E-state index is 14.1. The monoisotopic (exact) mass is 471 g/mol. The number of nitrogens with one attached hydrogen (secondary N) is 1. The highest BCUT2D eigenvalue weighted by atomic mass is 19.4. The topological polar surface area (TPSA) is 97.0 Å². The molecule has 9 nitrogen and oxygen atoms in total. The zero-order valence-electron chi connectivity index (χ0n) is 17.8. The SMILES string of the molecule is O=C(NC[C@@H]1COCCO1)c1oc2c(c1C(F)(F)F)-c1nn(C[C@@H]3COCCO3)cc1CC2. The minimum Gasteiger partial charge on any atom is -0.455 e. The van der Waals surface area contributed by atoms with Gasteiger partial charge in [-0.05, 0) is 12.0 Å². The first-order valence-corrected chi connectivity index (χ1v) is 10.9. The summed E-state index contributed by atoms with van der Waals surface area (Å²) in [5.41, 5.74) is -0.401. The fourth-order valence-electron chi connectivity index (χ4n) is 4.32. The van der Waals surface area contributed by atoms with Crippen molar-refractivity contribution in [3.63, 3.8) is 0 Å². The first kappa shape index (κ1) is 22.4. The van der Waals surface area contributed by atoms with Crippen LogP contribution in [0.4, 0.5) is 13.2 Å². The number of carbonyl (C=O) groups excluding carboxylic acids is 1. The summed E-state index contributed by atoms with van der Waals surface area (Å²) in [6, 6.07) is 0. The van der Waals surface area contributed by atoms with E-state index in [0.29, 0.717) is 51.6 Å². The smallest absolute Gasteiger partial charge is 0.420 e. The fraction of sp³-hybridized carbons (Fsp3) is 0.619. The molecule has 0 saturated carbocycles. The summed E-state index contributed by atoms with van der Waals surface area (Å²) in [6.45, 7) is 2.84. The molecule has 2 atom stereocenters. The lowest BCUT2D eigenvalue weighted by Crippen LogP contribution is -2.40. The van der Waals surface area contributed by atoms with Crippen LogP contribution in [-0.4, -0.2) is 74.1 Å². The normalized spacial score (nSPS) is 23.1. The molecule has 2 aromatic rings. The Balaban J connectivity index is 1.42. The van der Waals surface area contributed by atoms with E-state index in [2.05, 4.69) is 10.4 Å². The number of furan rings is 1. The Morgan fingerprint density at radius 2 is 1.82 bits per heavy atom. The van der Waals surface area contributed by atoms with E-state index in [4.69, 9.17) is 23.4 Å². The van der Waals surface area contributed by atoms with Gasteiger partial charge >= 0.3 is 6.18 Å². The molecule has 4 heterocycles. The standard InChI is InChI=1S/C21H24F3N3O6/c22-21(23,24)17-16-15(33-19(17)20(28)25-7-13-10-29-3-5-31-13)2-1-12-8-27(26-18(12)16)9-14-11-30-4-6-32-14/h8,13-14H,1-7,9-11H2,(H,25,28)/t13-,14-/m1/s1. The van der Waals surface area contributed by atoms with Crippen molar-refractivity contribution in [3.8, 4) is 11.3 Å². The molecule has 1 aliphatic carbocycles. The van der Waals surface area contributed by atoms with Gasteiger partial charge in [-0.2, -0.15) is 18.3 Å². The minimum absolute atomic E-state index is 0.0187. The Labute approximate surface area is 187 Å². The number of amides is 1. The van der Waals surface area contributed by atoms with Crippen LogP contribution in [0.25, 0.3) is 11.3 Å². The van der Waals surface area contributed by atoms with Crippen molar-refractivity contribution in [1.29, 1.82) is 0 Å². The number of hydrogen-bond acceptors (Lipinski definition) is 7. The summed E-state index contributed by atoms with van der Waals surface area (Å²) in [6.07, 6.45) is -3.01. The van der Waals surface area contributed by atoms with Crippen molar-refractivity contribution in [2.45, 2.75) is 37.8 Å². The van der Waals surface area contributed by atoms with Gasteiger partial charge in [0, 0.05) is 19.2 Å². The van der Waals surface area contributed by atoms with Crippen LogP contribution >= 0.6 is 0 Å². The summed E-state index contributed by atoms with van der Waals surface area (Å²) < 4.78 is 71.2. The summed E-state index contributed by atoms with van der Waals surface area (Å²) in [5, 5.41) is 6.89. The Kier molecular flexibility index (Phi) is 6.16. The molecule has 0 spiro atoms. The van der Waals surface area contributed by atoms with Crippen molar-refractivity contribution in [3.05, 3.63) is 28.8 Å². The van der Waals surface area contributed by atoms with Crippen LogP contribution in [0.2, 0.25) is 0 Å². The molecule has 2 fully saturated rings. The molecule has 0 bridgehead atoms. The highest BCUT2D eigenvalue weighted by Gasteiger charge is 2.45. The number of ether oxygens (including phenoxy) is 4. The summed E-state index contributed by atoms with van der Waals surface area (Å²) in [5.74, 6) is -1.59. The Hall–Kier alpha value is -2.41. The lowest BCUT2D eigenvalue weighted by Gasteiger charge is -2.23. The van der Waals surface area contributed by atoms with Gasteiger partial charge in [0.1, 0.15) is 17.4 Å². The predicted octanol–water partition coefficient (Wildman–Crippen LogP) is 1.82. The van der Waals surface area contributed by atoms with Crippen molar-refractivity contribution < 1.29 is 41.3 Å². The first-order chi connectivity index (χ1) is 15.9. The van der Waals surface area contributed by atoms with Crippen molar-refractivity contribution in [2.75, 3.05) is 46.2 Å². The van der Waals surface area contributed by atoms with Gasteiger partial charge in [-0.1, -0.05) is 0 Å². The van der Waals surface area contributed by atoms with E-state index < -0.39 is 29.5 Å². The second-order valence-corrected chi connectivity index (χ2v) is 8.17. The molecule has 0 unspecified atom stereocenters. The van der Waals surface area contributed by atoms with Gasteiger partial charge in [-0.3, -0.25) is 9.48 Å². The van der Waals surface area contributed by atoms with Crippen molar-refractivity contribution >= 4 is 5.91 Å². The lowest BCUT2D eigenvalue weighted by molar-refractivity contribution is -0.137. The summed E-state index contributed by atoms with van der Waals surface area (Å²) in [4.78, 5) is 12.7. The number of carbonyl (C=O) groups is 1. The number of fused-ring (bicyclic) bond motifs is 3. The van der Waals surface area contributed by atoms with Crippen molar-refractivity contribution in [1.82, 2.24) is 15.1 Å². The number of halogens is 3. The summed E-state index contributed by atoms with van der Waals surface area (Å²) >= 11 is 0. The molecule has 3 aliphatic rings. The number of nitrogens with zero attached hydrogens (tertiary/aromatic N) is 2. The molecule has 0 radical (unpaired) electrons. The third-order valence-corrected chi connectivity index (χ3v) is 5.82. The average Bonchev–Trinajstić information content (AvgIpc) is 3.39. The molecular formula is C21H24F3N3O6. The van der Waals surface area contributed by atoms with Crippen LogP contribution in [-0.2, 0) is 44.5 Å². The van der Waals surface area contributed by atoms with E-state index >= 15 is 0 Å². The van der Waals surface area contributed by atoms with Crippen LogP contribution in [0, 0.1) is 0 Å². The quantitative estimate of drug-likeness (QED) is 0.711. The third-order valence-electron chi connectivity index (χ3n) is 5.82. The molecule has 0 aromatic carbocycles. The van der Waals surface area contributed by atoms with E-state index in [1.807, 2.05) is 0 Å². The number of rotatable bonds is 5. The molecule has 2 aromatic heterocycles. The van der Waals surface area contributed by atoms with Crippen LogP contribution in [0.1, 0.15) is 27.4 Å². The summed E-state index contributed by atoms with van der Waals surface area (Å²) in [7, 11) is 0. The second kappa shape index (κ2) is 9.09. The predicted molar refractivity (Wildman–Crippen MR) is 106 cm³/mol. The van der Waals surface area contributed by atoms with Gasteiger partial charge in [-0.25, -0.2) is 0 Å². The van der Waals surface area contributed by atoms with Gasteiger partial charge in [0.05, 0.1) is 63.5 Å². The number of alkyl halides is 3. The van der Waals surface area contributed by atoms with Crippen LogP contribution in [0.15, 0.2) is 10.6 Å². The Morgan fingerprint density at radius 1 is 1.09 bits per heavy atom. The van der Waals surface area contributed by atoms with Gasteiger partial charge in [-0.15, -0.1) is 0 Å². The van der Waals surface area contributed by atoms with E-state index in [1.165, 1.54) is 0 Å². The van der Waals surface area contributed by atoms with Crippen molar-refractivity contribution in [2.24, 2.45) is 0 Å². The minimum atomic E-state index is -4.80. The third kappa shape index (κ3) is 4.65.